The molecule has 1 aromatic rings. The molecule has 0 bridgehead atoms. The Morgan fingerprint density at radius 3 is 2.65 bits per heavy atom. The molecule has 17 heavy (non-hydrogen) atoms. The van der Waals surface area contributed by atoms with Crippen molar-refractivity contribution in [1.82, 2.24) is 5.32 Å². The number of nitrogens with one attached hydrogen (secondary N) is 1. The number of halogens is 1. The van der Waals surface area contributed by atoms with Crippen LogP contribution in [0.1, 0.15) is 30.7 Å². The number of thiophene rings is 1. The fourth-order valence-electron chi connectivity index (χ4n) is 1.45. The first kappa shape index (κ1) is 12.9. The fourth-order valence-corrected chi connectivity index (χ4v) is 3.54. The first-order valence-corrected chi connectivity index (χ1v) is 8.35. The van der Waals surface area contributed by atoms with Crippen molar-refractivity contribution in [2.75, 3.05) is 0 Å². The van der Waals surface area contributed by atoms with Crippen LogP contribution in [0.4, 0.5) is 0 Å². The number of carbonyl (C=O) groups is 1. The molecule has 1 unspecified atom stereocenters. The minimum Gasteiger partial charge on any atom is -0.349 e. The molecule has 0 aliphatic heterocycles. The molecular weight excluding hydrogens is 282 g/mol. The lowest BCUT2D eigenvalue weighted by Gasteiger charge is -2.11. The third-order valence-corrected chi connectivity index (χ3v) is 5.94. The van der Waals surface area contributed by atoms with Gasteiger partial charge in [0.2, 0.25) is 5.91 Å². The van der Waals surface area contributed by atoms with E-state index in [-0.39, 0.29) is 22.1 Å². The highest BCUT2D eigenvalue weighted by Gasteiger charge is 2.30. The van der Waals surface area contributed by atoms with Crippen LogP contribution < -0.4 is 5.32 Å². The number of carbonyl (C=O) groups excluding carboxylic acids is 1. The van der Waals surface area contributed by atoms with E-state index in [9.17, 15) is 13.2 Å². The summed E-state index contributed by atoms with van der Waals surface area (Å²) in [6.45, 7) is 1.83. The summed E-state index contributed by atoms with van der Waals surface area (Å²) in [5.41, 5.74) is 0. The summed E-state index contributed by atoms with van der Waals surface area (Å²) >= 11 is 1.09. The van der Waals surface area contributed by atoms with Crippen molar-refractivity contribution in [1.29, 1.82) is 0 Å². The van der Waals surface area contributed by atoms with Crippen LogP contribution in [0.5, 0.6) is 0 Å². The van der Waals surface area contributed by atoms with E-state index < -0.39 is 9.05 Å². The average molecular weight is 294 g/mol. The van der Waals surface area contributed by atoms with E-state index in [1.165, 1.54) is 6.07 Å². The topological polar surface area (TPSA) is 63.2 Å². The van der Waals surface area contributed by atoms with Crippen molar-refractivity contribution in [2.45, 2.75) is 30.0 Å². The van der Waals surface area contributed by atoms with Crippen molar-refractivity contribution >= 4 is 37.0 Å². The molecule has 0 spiro atoms. The average Bonchev–Trinajstić information content (AvgIpc) is 2.93. The maximum absolute atomic E-state index is 11.5. The largest absolute Gasteiger partial charge is 0.349 e. The molecule has 0 saturated heterocycles. The van der Waals surface area contributed by atoms with Crippen LogP contribution in [0.2, 0.25) is 0 Å². The van der Waals surface area contributed by atoms with Gasteiger partial charge < -0.3 is 5.32 Å². The molecule has 1 aliphatic rings. The number of hydrogen-bond acceptors (Lipinski definition) is 4. The summed E-state index contributed by atoms with van der Waals surface area (Å²) in [4.78, 5) is 12.3. The highest BCUT2D eigenvalue weighted by Crippen LogP contribution is 2.32. The van der Waals surface area contributed by atoms with Gasteiger partial charge in [-0.15, -0.1) is 11.3 Å². The Hall–Kier alpha value is -0.590. The normalized spacial score (nSPS) is 17.8. The van der Waals surface area contributed by atoms with Gasteiger partial charge in [0.1, 0.15) is 4.21 Å². The van der Waals surface area contributed by atoms with Gasteiger partial charge in [-0.05, 0) is 31.9 Å². The second kappa shape index (κ2) is 4.59. The molecule has 1 heterocycles. The lowest BCUT2D eigenvalue weighted by Crippen LogP contribution is -2.27. The SMILES string of the molecule is CC(NC(=O)C1CC1)c1ccc(S(=O)(=O)Cl)s1. The maximum Gasteiger partial charge on any atom is 0.270 e. The molecule has 1 fully saturated rings. The van der Waals surface area contributed by atoms with E-state index in [1.54, 1.807) is 6.07 Å². The van der Waals surface area contributed by atoms with Crippen LogP contribution in [-0.4, -0.2) is 14.3 Å². The summed E-state index contributed by atoms with van der Waals surface area (Å²) in [6.07, 6.45) is 1.90. The second-order valence-corrected chi connectivity index (χ2v) is 8.01. The van der Waals surface area contributed by atoms with Gasteiger partial charge in [-0.25, -0.2) is 8.42 Å². The summed E-state index contributed by atoms with van der Waals surface area (Å²) in [6, 6.07) is 2.96. The fraction of sp³-hybridized carbons (Fsp3) is 0.500. The van der Waals surface area contributed by atoms with Gasteiger partial charge in [0.15, 0.2) is 0 Å². The Balaban J connectivity index is 2.06. The Morgan fingerprint density at radius 1 is 1.53 bits per heavy atom. The second-order valence-electron chi connectivity index (χ2n) is 4.10. The van der Waals surface area contributed by atoms with E-state index in [0.29, 0.717) is 0 Å². The molecule has 1 aliphatic carbocycles. The highest BCUT2D eigenvalue weighted by atomic mass is 35.7. The Kier molecular flexibility index (Phi) is 3.47. The van der Waals surface area contributed by atoms with Crippen LogP contribution in [-0.2, 0) is 13.8 Å². The highest BCUT2D eigenvalue weighted by molar-refractivity contribution is 8.15. The zero-order valence-corrected chi connectivity index (χ0v) is 11.5. The third-order valence-electron chi connectivity index (χ3n) is 2.58. The van der Waals surface area contributed by atoms with Crippen molar-refractivity contribution in [3.8, 4) is 0 Å². The molecule has 1 atom stereocenters. The number of amides is 1. The summed E-state index contributed by atoms with van der Waals surface area (Å²) in [7, 11) is 1.57. The van der Waals surface area contributed by atoms with Crippen LogP contribution >= 0.6 is 22.0 Å². The van der Waals surface area contributed by atoms with Gasteiger partial charge in [0, 0.05) is 21.5 Å². The van der Waals surface area contributed by atoms with Gasteiger partial charge in [0.05, 0.1) is 6.04 Å². The van der Waals surface area contributed by atoms with Gasteiger partial charge in [-0.1, -0.05) is 0 Å². The number of rotatable bonds is 4. The molecule has 4 nitrogen and oxygen atoms in total. The summed E-state index contributed by atoms with van der Waals surface area (Å²) < 4.78 is 22.3. The quantitative estimate of drug-likeness (QED) is 0.866. The van der Waals surface area contributed by atoms with E-state index >= 15 is 0 Å². The van der Waals surface area contributed by atoms with Crippen LogP contribution in [0, 0.1) is 5.92 Å². The summed E-state index contributed by atoms with van der Waals surface area (Å²) in [5.74, 6) is 0.190. The zero-order chi connectivity index (χ0) is 12.6. The Labute approximate surface area is 108 Å². The first-order chi connectivity index (χ1) is 7.88. The van der Waals surface area contributed by atoms with Crippen molar-refractivity contribution in [3.63, 3.8) is 0 Å². The Morgan fingerprint density at radius 2 is 2.18 bits per heavy atom. The van der Waals surface area contributed by atoms with E-state index in [4.69, 9.17) is 10.7 Å². The molecule has 1 amide bonds. The predicted octanol–water partition coefficient (Wildman–Crippen LogP) is 2.26. The van der Waals surface area contributed by atoms with E-state index in [0.717, 1.165) is 29.1 Å². The maximum atomic E-state index is 11.5. The predicted molar refractivity (Wildman–Crippen MR) is 66.6 cm³/mol. The molecule has 0 radical (unpaired) electrons. The minimum absolute atomic E-state index is 0.0428. The molecule has 1 aromatic heterocycles. The van der Waals surface area contributed by atoms with Gasteiger partial charge >= 0.3 is 0 Å². The molecular formula is C10H12ClNO3S2. The van der Waals surface area contributed by atoms with E-state index in [1.807, 2.05) is 6.92 Å². The lowest BCUT2D eigenvalue weighted by molar-refractivity contribution is -0.122. The molecule has 94 valence electrons. The van der Waals surface area contributed by atoms with E-state index in [2.05, 4.69) is 5.32 Å². The third kappa shape index (κ3) is 3.20. The van der Waals surface area contributed by atoms with Crippen LogP contribution in [0.25, 0.3) is 0 Å². The van der Waals surface area contributed by atoms with Crippen molar-refractivity contribution < 1.29 is 13.2 Å². The molecule has 0 aromatic carbocycles. The van der Waals surface area contributed by atoms with Crippen molar-refractivity contribution in [2.24, 2.45) is 5.92 Å². The van der Waals surface area contributed by atoms with Crippen molar-refractivity contribution in [3.05, 3.63) is 17.0 Å². The molecule has 7 heteroatoms. The standard InChI is InChI=1S/C10H12ClNO3S2/c1-6(12-10(13)7-2-3-7)8-4-5-9(16-8)17(11,14)15/h4-7H,2-3H2,1H3,(H,12,13). The monoisotopic (exact) mass is 293 g/mol. The minimum atomic E-state index is -3.67. The Bertz CT molecular complexity index is 534. The van der Waals surface area contributed by atoms with Gasteiger partial charge in [0.25, 0.3) is 9.05 Å². The summed E-state index contributed by atoms with van der Waals surface area (Å²) in [5, 5.41) is 2.86. The van der Waals surface area contributed by atoms with Crippen LogP contribution in [0.3, 0.4) is 0 Å². The smallest absolute Gasteiger partial charge is 0.270 e. The van der Waals surface area contributed by atoms with Crippen LogP contribution in [0.15, 0.2) is 16.3 Å². The van der Waals surface area contributed by atoms with Gasteiger partial charge in [-0.2, -0.15) is 0 Å². The lowest BCUT2D eigenvalue weighted by atomic mass is 10.2. The molecule has 1 saturated carbocycles. The molecule has 2 rings (SSSR count). The zero-order valence-electron chi connectivity index (χ0n) is 9.14. The van der Waals surface area contributed by atoms with Gasteiger partial charge in [-0.3, -0.25) is 4.79 Å². The first-order valence-electron chi connectivity index (χ1n) is 5.22. The molecule has 1 N–H and O–H groups in total. The number of hydrogen-bond donors (Lipinski definition) is 1.